The summed E-state index contributed by atoms with van der Waals surface area (Å²) in [5, 5.41) is 0. The van der Waals surface area contributed by atoms with Crippen molar-refractivity contribution in [1.29, 1.82) is 0 Å². The van der Waals surface area contributed by atoms with E-state index < -0.39 is 0 Å². The highest BCUT2D eigenvalue weighted by molar-refractivity contribution is 4.84. The molecule has 0 heterocycles. The molecule has 12 heavy (non-hydrogen) atoms. The van der Waals surface area contributed by atoms with E-state index in [0.29, 0.717) is 11.3 Å². The molecule has 0 amide bonds. The summed E-state index contributed by atoms with van der Waals surface area (Å²) in [7, 11) is 0. The highest BCUT2D eigenvalue weighted by Crippen LogP contribution is 2.40. The van der Waals surface area contributed by atoms with Gasteiger partial charge in [0, 0.05) is 0 Å². The molecule has 0 aromatic carbocycles. The lowest BCUT2D eigenvalue weighted by Gasteiger charge is -2.37. The zero-order valence-electron chi connectivity index (χ0n) is 9.48. The molecule has 0 nitrogen and oxygen atoms in total. The Morgan fingerprint density at radius 2 is 1.50 bits per heavy atom. The van der Waals surface area contributed by atoms with Gasteiger partial charge in [-0.3, -0.25) is 0 Å². The second-order valence-corrected chi connectivity index (χ2v) is 4.57. The zero-order chi connectivity index (χ0) is 9.78. The normalized spacial score (nSPS) is 13.0. The Morgan fingerprint density at radius 1 is 1.08 bits per heavy atom. The van der Waals surface area contributed by atoms with Gasteiger partial charge in [0.15, 0.2) is 0 Å². The first-order valence-electron chi connectivity index (χ1n) is 5.31. The highest BCUT2D eigenvalue weighted by Gasteiger charge is 2.30. The lowest BCUT2D eigenvalue weighted by Crippen LogP contribution is -2.27. The standard InChI is InChI=1S/C12H25/c1-7-12(8-2,11(5)6)9-10(3)4/h10-11H,5,7-9H2,1-4,6H3. The van der Waals surface area contributed by atoms with Crippen molar-refractivity contribution in [3.8, 4) is 0 Å². The maximum absolute atomic E-state index is 4.21. The Bertz CT molecular complexity index is 107. The van der Waals surface area contributed by atoms with Crippen molar-refractivity contribution in [2.24, 2.45) is 17.3 Å². The molecule has 1 radical (unpaired) electrons. The molecule has 1 atom stereocenters. The van der Waals surface area contributed by atoms with E-state index in [1.165, 1.54) is 19.3 Å². The molecule has 0 fully saturated rings. The van der Waals surface area contributed by atoms with Gasteiger partial charge in [-0.2, -0.15) is 0 Å². The number of hydrogen-bond acceptors (Lipinski definition) is 0. The quantitative estimate of drug-likeness (QED) is 0.575. The van der Waals surface area contributed by atoms with Crippen molar-refractivity contribution in [2.75, 3.05) is 0 Å². The second kappa shape index (κ2) is 4.89. The largest absolute Gasteiger partial charge is 0.0648 e. The number of rotatable bonds is 5. The topological polar surface area (TPSA) is 0 Å². The summed E-state index contributed by atoms with van der Waals surface area (Å²) in [5.41, 5.74) is 0.494. The van der Waals surface area contributed by atoms with Crippen LogP contribution in [0.25, 0.3) is 0 Å². The van der Waals surface area contributed by atoms with E-state index in [2.05, 4.69) is 41.5 Å². The van der Waals surface area contributed by atoms with Gasteiger partial charge in [0.2, 0.25) is 0 Å². The van der Waals surface area contributed by atoms with Crippen molar-refractivity contribution in [1.82, 2.24) is 0 Å². The fourth-order valence-corrected chi connectivity index (χ4v) is 2.25. The summed E-state index contributed by atoms with van der Waals surface area (Å²) >= 11 is 0. The molecule has 0 aliphatic carbocycles. The molecule has 0 aliphatic rings. The predicted octanol–water partition coefficient (Wildman–Crippen LogP) is 4.31. The van der Waals surface area contributed by atoms with Crippen molar-refractivity contribution >= 4 is 0 Å². The van der Waals surface area contributed by atoms with Crippen LogP contribution in [0.4, 0.5) is 0 Å². The molecule has 0 bridgehead atoms. The van der Waals surface area contributed by atoms with E-state index >= 15 is 0 Å². The maximum Gasteiger partial charge on any atom is -0.0275 e. The Balaban J connectivity index is 4.35. The van der Waals surface area contributed by atoms with Crippen LogP contribution in [-0.4, -0.2) is 0 Å². The van der Waals surface area contributed by atoms with Gasteiger partial charge >= 0.3 is 0 Å². The molecule has 1 unspecified atom stereocenters. The van der Waals surface area contributed by atoms with E-state index in [9.17, 15) is 0 Å². The van der Waals surface area contributed by atoms with Crippen molar-refractivity contribution in [3.05, 3.63) is 6.92 Å². The van der Waals surface area contributed by atoms with Crippen LogP contribution in [0, 0.1) is 24.2 Å². The monoisotopic (exact) mass is 169 g/mol. The van der Waals surface area contributed by atoms with Gasteiger partial charge in [-0.05, 0) is 30.6 Å². The van der Waals surface area contributed by atoms with Gasteiger partial charge in [0.25, 0.3) is 0 Å². The lowest BCUT2D eigenvalue weighted by molar-refractivity contribution is 0.148. The van der Waals surface area contributed by atoms with Crippen molar-refractivity contribution in [3.63, 3.8) is 0 Å². The molecule has 0 aliphatic heterocycles. The molecule has 0 N–H and O–H groups in total. The molecule has 0 aromatic heterocycles. The van der Waals surface area contributed by atoms with E-state index in [1.54, 1.807) is 0 Å². The molecule has 0 saturated heterocycles. The summed E-state index contributed by atoms with van der Waals surface area (Å²) in [5.74, 6) is 1.38. The Labute approximate surface area is 78.8 Å². The summed E-state index contributed by atoms with van der Waals surface area (Å²) in [6.45, 7) is 15.7. The number of hydrogen-bond donors (Lipinski definition) is 0. The first-order valence-corrected chi connectivity index (χ1v) is 5.31. The molecule has 0 saturated carbocycles. The fourth-order valence-electron chi connectivity index (χ4n) is 2.25. The van der Waals surface area contributed by atoms with E-state index in [1.807, 2.05) is 0 Å². The average molecular weight is 169 g/mol. The van der Waals surface area contributed by atoms with Crippen LogP contribution in [0.5, 0.6) is 0 Å². The van der Waals surface area contributed by atoms with Crippen LogP contribution in [0.2, 0.25) is 0 Å². The molecule has 0 spiro atoms. The summed E-state index contributed by atoms with van der Waals surface area (Å²) in [6.07, 6.45) is 3.86. The molecule has 0 rings (SSSR count). The van der Waals surface area contributed by atoms with Crippen LogP contribution in [-0.2, 0) is 0 Å². The van der Waals surface area contributed by atoms with Crippen molar-refractivity contribution in [2.45, 2.75) is 53.9 Å². The highest BCUT2D eigenvalue weighted by atomic mass is 14.3. The lowest BCUT2D eigenvalue weighted by atomic mass is 9.68. The maximum atomic E-state index is 4.21. The first-order chi connectivity index (χ1) is 5.48. The van der Waals surface area contributed by atoms with Gasteiger partial charge in [0.1, 0.15) is 0 Å². The van der Waals surface area contributed by atoms with Crippen LogP contribution in [0.3, 0.4) is 0 Å². The molecule has 0 aromatic rings. The minimum absolute atomic E-state index is 0.494. The molecule has 73 valence electrons. The third-order valence-electron chi connectivity index (χ3n) is 3.27. The van der Waals surface area contributed by atoms with Crippen LogP contribution in [0.15, 0.2) is 0 Å². The van der Waals surface area contributed by atoms with Crippen molar-refractivity contribution < 1.29 is 0 Å². The SMILES string of the molecule is [CH2]C(C)C(CC)(CC)CC(C)C. The summed E-state index contributed by atoms with van der Waals surface area (Å²) in [4.78, 5) is 0. The fraction of sp³-hybridized carbons (Fsp3) is 0.917. The van der Waals surface area contributed by atoms with E-state index in [-0.39, 0.29) is 0 Å². The van der Waals surface area contributed by atoms with E-state index in [0.717, 1.165) is 5.92 Å². The van der Waals surface area contributed by atoms with E-state index in [4.69, 9.17) is 0 Å². The first kappa shape index (κ1) is 12.0. The predicted molar refractivity (Wildman–Crippen MR) is 57.0 cm³/mol. The third kappa shape index (κ3) is 2.80. The van der Waals surface area contributed by atoms with Crippen LogP contribution >= 0.6 is 0 Å². The van der Waals surface area contributed by atoms with Gasteiger partial charge in [-0.1, -0.05) is 47.5 Å². The van der Waals surface area contributed by atoms with Gasteiger partial charge < -0.3 is 0 Å². The van der Waals surface area contributed by atoms with Gasteiger partial charge in [0.05, 0.1) is 0 Å². The third-order valence-corrected chi connectivity index (χ3v) is 3.27. The Morgan fingerprint density at radius 3 is 1.58 bits per heavy atom. The summed E-state index contributed by atoms with van der Waals surface area (Å²) < 4.78 is 0. The summed E-state index contributed by atoms with van der Waals surface area (Å²) in [6, 6.07) is 0. The molecular formula is C12H25. The zero-order valence-corrected chi connectivity index (χ0v) is 9.48. The average Bonchev–Trinajstić information content (AvgIpc) is 1.99. The van der Waals surface area contributed by atoms with Crippen LogP contribution in [0.1, 0.15) is 53.9 Å². The second-order valence-electron chi connectivity index (χ2n) is 4.57. The molecule has 0 heteroatoms. The Kier molecular flexibility index (Phi) is 4.89. The van der Waals surface area contributed by atoms with Gasteiger partial charge in [-0.25, -0.2) is 0 Å². The Hall–Kier alpha value is 0. The van der Waals surface area contributed by atoms with Crippen LogP contribution < -0.4 is 0 Å². The molecular weight excluding hydrogens is 144 g/mol. The smallest absolute Gasteiger partial charge is 0.0275 e. The minimum atomic E-state index is 0.494. The van der Waals surface area contributed by atoms with Gasteiger partial charge in [-0.15, -0.1) is 0 Å². The minimum Gasteiger partial charge on any atom is -0.0648 e.